The smallest absolute Gasteiger partial charge is 0.326 e. The van der Waals surface area contributed by atoms with E-state index in [1.807, 2.05) is 36.4 Å². The van der Waals surface area contributed by atoms with Crippen molar-refractivity contribution >= 4 is 23.7 Å². The zero-order valence-electron chi connectivity index (χ0n) is 22.1. The number of carboxylic acids is 1. The first-order chi connectivity index (χ1) is 18.6. The highest BCUT2D eigenvalue weighted by Crippen LogP contribution is 2.08. The summed E-state index contributed by atoms with van der Waals surface area (Å²) in [5.74, 6) is -3.38. The average Bonchev–Trinajstić information content (AvgIpc) is 2.91. The van der Waals surface area contributed by atoms with Gasteiger partial charge in [0, 0.05) is 6.42 Å². The number of benzene rings is 2. The second kappa shape index (κ2) is 16.2. The van der Waals surface area contributed by atoms with E-state index in [1.165, 1.54) is 6.92 Å². The predicted octanol–water partition coefficient (Wildman–Crippen LogP) is -0.152. The lowest BCUT2D eigenvalue weighted by Gasteiger charge is -2.26. The number of carbonyl (C=O) groups excluding carboxylic acids is 3. The van der Waals surface area contributed by atoms with Crippen molar-refractivity contribution in [2.45, 2.75) is 69.3 Å². The third-order valence-corrected chi connectivity index (χ3v) is 6.17. The minimum atomic E-state index is -1.46. The SMILES string of the molecule is CC(O)C(NC(=O)C(Cc1ccccc1)NC(=O)C(N)Cc1ccccc1)C(=O)NC(CCCCN)C(=O)O. The van der Waals surface area contributed by atoms with Crippen LogP contribution in [0.2, 0.25) is 0 Å². The minimum absolute atomic E-state index is 0.0987. The number of nitrogens with one attached hydrogen (secondary N) is 3. The number of carboxylic acid groups (broad SMARTS) is 1. The molecule has 39 heavy (non-hydrogen) atoms. The largest absolute Gasteiger partial charge is 0.480 e. The van der Waals surface area contributed by atoms with Crippen molar-refractivity contribution in [3.05, 3.63) is 71.8 Å². The number of aliphatic carboxylic acids is 1. The molecule has 5 unspecified atom stereocenters. The van der Waals surface area contributed by atoms with Gasteiger partial charge in [0.1, 0.15) is 18.1 Å². The van der Waals surface area contributed by atoms with E-state index in [4.69, 9.17) is 11.5 Å². The highest BCUT2D eigenvalue weighted by Gasteiger charge is 2.32. The molecule has 2 aromatic rings. The van der Waals surface area contributed by atoms with Crippen LogP contribution < -0.4 is 27.4 Å². The molecule has 0 aliphatic heterocycles. The molecule has 2 aromatic carbocycles. The van der Waals surface area contributed by atoms with Crippen molar-refractivity contribution in [3.63, 3.8) is 0 Å². The molecular formula is C28H39N5O6. The number of rotatable bonds is 16. The summed E-state index contributed by atoms with van der Waals surface area (Å²) in [5, 5.41) is 27.2. The standard InChI is InChI=1S/C28H39N5O6/c1-18(34)24(27(37)31-22(28(38)39)14-8-9-15-29)33-26(36)23(17-20-12-6-3-7-13-20)32-25(35)21(30)16-19-10-4-2-5-11-19/h2-7,10-13,18,21-24,34H,8-9,14-17,29-30H2,1H3,(H,31,37)(H,32,35)(H,33,36)(H,38,39). The van der Waals surface area contributed by atoms with E-state index in [-0.39, 0.29) is 19.3 Å². The van der Waals surface area contributed by atoms with E-state index >= 15 is 0 Å². The Morgan fingerprint density at radius 3 is 1.82 bits per heavy atom. The van der Waals surface area contributed by atoms with E-state index < -0.39 is 54.0 Å². The minimum Gasteiger partial charge on any atom is -0.480 e. The summed E-state index contributed by atoms with van der Waals surface area (Å²) in [5.41, 5.74) is 13.2. The number of hydrogen-bond donors (Lipinski definition) is 7. The molecule has 0 heterocycles. The Hall–Kier alpha value is -3.80. The van der Waals surface area contributed by atoms with Crippen LogP contribution in [0.25, 0.3) is 0 Å². The van der Waals surface area contributed by atoms with Gasteiger partial charge in [-0.3, -0.25) is 14.4 Å². The van der Waals surface area contributed by atoms with Crippen LogP contribution in [-0.2, 0) is 32.0 Å². The van der Waals surface area contributed by atoms with Crippen LogP contribution >= 0.6 is 0 Å². The lowest BCUT2D eigenvalue weighted by Crippen LogP contribution is -2.60. The Kier molecular flexibility index (Phi) is 13.1. The molecule has 0 bridgehead atoms. The van der Waals surface area contributed by atoms with Crippen molar-refractivity contribution in [1.29, 1.82) is 0 Å². The second-order valence-corrected chi connectivity index (χ2v) is 9.46. The van der Waals surface area contributed by atoms with E-state index in [9.17, 15) is 29.4 Å². The van der Waals surface area contributed by atoms with Gasteiger partial charge in [0.05, 0.1) is 12.1 Å². The fraction of sp³-hybridized carbons (Fsp3) is 0.429. The van der Waals surface area contributed by atoms with Gasteiger partial charge >= 0.3 is 5.97 Å². The molecular weight excluding hydrogens is 502 g/mol. The molecule has 0 saturated carbocycles. The maximum Gasteiger partial charge on any atom is 0.326 e. The molecule has 0 aliphatic carbocycles. The number of aliphatic hydroxyl groups is 1. The molecule has 0 fully saturated rings. The fourth-order valence-electron chi connectivity index (χ4n) is 3.97. The van der Waals surface area contributed by atoms with Crippen LogP contribution in [0, 0.1) is 0 Å². The first kappa shape index (κ1) is 31.4. The summed E-state index contributed by atoms with van der Waals surface area (Å²) in [7, 11) is 0. The maximum absolute atomic E-state index is 13.3. The van der Waals surface area contributed by atoms with Gasteiger partial charge < -0.3 is 37.6 Å². The number of aliphatic hydroxyl groups excluding tert-OH is 1. The summed E-state index contributed by atoms with van der Waals surface area (Å²) in [6.45, 7) is 1.69. The Morgan fingerprint density at radius 2 is 1.31 bits per heavy atom. The zero-order valence-corrected chi connectivity index (χ0v) is 22.1. The van der Waals surface area contributed by atoms with Crippen LogP contribution in [0.1, 0.15) is 37.3 Å². The molecule has 0 saturated heterocycles. The van der Waals surface area contributed by atoms with Crippen molar-refractivity contribution in [3.8, 4) is 0 Å². The number of carbonyl (C=O) groups is 4. The Morgan fingerprint density at radius 1 is 0.769 bits per heavy atom. The van der Waals surface area contributed by atoms with E-state index in [2.05, 4.69) is 16.0 Å². The van der Waals surface area contributed by atoms with Crippen LogP contribution in [-0.4, -0.2) is 70.7 Å². The normalized spacial score (nSPS) is 14.8. The molecule has 5 atom stereocenters. The summed E-state index contributed by atoms with van der Waals surface area (Å²) in [4.78, 5) is 50.8. The third-order valence-electron chi connectivity index (χ3n) is 6.17. The number of nitrogens with two attached hydrogens (primary N) is 2. The lowest BCUT2D eigenvalue weighted by atomic mass is 10.0. The van der Waals surface area contributed by atoms with Gasteiger partial charge in [-0.1, -0.05) is 60.7 Å². The highest BCUT2D eigenvalue weighted by molar-refractivity contribution is 5.94. The third kappa shape index (κ3) is 10.8. The first-order valence-corrected chi connectivity index (χ1v) is 13.0. The lowest BCUT2D eigenvalue weighted by molar-refractivity contribution is -0.143. The molecule has 9 N–H and O–H groups in total. The molecule has 0 radical (unpaired) electrons. The Balaban J connectivity index is 2.16. The fourth-order valence-corrected chi connectivity index (χ4v) is 3.97. The number of amides is 3. The molecule has 0 aliphatic rings. The van der Waals surface area contributed by atoms with Gasteiger partial charge in [0.15, 0.2) is 0 Å². The van der Waals surface area contributed by atoms with Gasteiger partial charge in [0.2, 0.25) is 17.7 Å². The summed E-state index contributed by atoms with van der Waals surface area (Å²) in [6.07, 6.45) is 0.218. The second-order valence-electron chi connectivity index (χ2n) is 9.46. The molecule has 11 heteroatoms. The predicted molar refractivity (Wildman–Crippen MR) is 146 cm³/mol. The van der Waals surface area contributed by atoms with Crippen molar-refractivity contribution in [1.82, 2.24) is 16.0 Å². The van der Waals surface area contributed by atoms with Gasteiger partial charge in [-0.2, -0.15) is 0 Å². The summed E-state index contributed by atoms with van der Waals surface area (Å²) in [6, 6.07) is 13.4. The van der Waals surface area contributed by atoms with Gasteiger partial charge in [-0.05, 0) is 50.3 Å². The highest BCUT2D eigenvalue weighted by atomic mass is 16.4. The van der Waals surface area contributed by atoms with Crippen LogP contribution in [0.4, 0.5) is 0 Å². The van der Waals surface area contributed by atoms with E-state index in [1.54, 1.807) is 24.3 Å². The van der Waals surface area contributed by atoms with Gasteiger partial charge in [0.25, 0.3) is 0 Å². The van der Waals surface area contributed by atoms with Crippen LogP contribution in [0.3, 0.4) is 0 Å². The molecule has 0 aromatic heterocycles. The molecule has 11 nitrogen and oxygen atoms in total. The van der Waals surface area contributed by atoms with Gasteiger partial charge in [-0.15, -0.1) is 0 Å². The zero-order chi connectivity index (χ0) is 28.8. The maximum atomic E-state index is 13.3. The number of hydrogen-bond acceptors (Lipinski definition) is 7. The van der Waals surface area contributed by atoms with Crippen LogP contribution in [0.5, 0.6) is 0 Å². The van der Waals surface area contributed by atoms with E-state index in [0.717, 1.165) is 11.1 Å². The molecule has 212 valence electrons. The topological polar surface area (TPSA) is 197 Å². The summed E-state index contributed by atoms with van der Waals surface area (Å²) < 4.78 is 0. The molecule has 3 amide bonds. The van der Waals surface area contributed by atoms with E-state index in [0.29, 0.717) is 19.4 Å². The van der Waals surface area contributed by atoms with Crippen LogP contribution in [0.15, 0.2) is 60.7 Å². The van der Waals surface area contributed by atoms with Gasteiger partial charge in [-0.25, -0.2) is 4.79 Å². The summed E-state index contributed by atoms with van der Waals surface area (Å²) >= 11 is 0. The van der Waals surface area contributed by atoms with Crippen molar-refractivity contribution < 1.29 is 29.4 Å². The Labute approximate surface area is 228 Å². The molecule has 2 rings (SSSR count). The number of unbranched alkanes of at least 4 members (excludes halogenated alkanes) is 1. The van der Waals surface area contributed by atoms with Crippen molar-refractivity contribution in [2.24, 2.45) is 11.5 Å². The molecule has 0 spiro atoms. The average molecular weight is 542 g/mol. The first-order valence-electron chi connectivity index (χ1n) is 13.0. The monoisotopic (exact) mass is 541 g/mol. The Bertz CT molecular complexity index is 1070. The quantitative estimate of drug-likeness (QED) is 0.142. The van der Waals surface area contributed by atoms with Crippen molar-refractivity contribution in [2.75, 3.05) is 6.54 Å².